The summed E-state index contributed by atoms with van der Waals surface area (Å²) in [4.78, 5) is 35.9. The molecule has 2 atom stereocenters. The second kappa shape index (κ2) is 10.7. The first kappa shape index (κ1) is 20.9. The molecule has 0 fully saturated rings. The Balaban J connectivity index is 2.49. The number of ether oxygens (including phenoxy) is 1. The van der Waals surface area contributed by atoms with Crippen molar-refractivity contribution in [3.8, 4) is 0 Å². The maximum Gasteiger partial charge on any atom is 0.414 e. The number of quaternary nitrogens is 1. The molecular formula is C17H25ClN3O4+. The second-order valence-corrected chi connectivity index (χ2v) is 6.01. The van der Waals surface area contributed by atoms with Crippen LogP contribution in [-0.2, 0) is 14.3 Å². The highest BCUT2D eigenvalue weighted by atomic mass is 35.5. The van der Waals surface area contributed by atoms with Gasteiger partial charge in [0, 0.05) is 5.02 Å². The number of nitrogens with one attached hydrogen (secondary N) is 3. The van der Waals surface area contributed by atoms with E-state index in [4.69, 9.17) is 11.6 Å². The Bertz CT molecular complexity index is 609. The third-order valence-corrected chi connectivity index (χ3v) is 3.80. The van der Waals surface area contributed by atoms with Gasteiger partial charge in [-0.15, -0.1) is 0 Å². The normalized spacial score (nSPS) is 12.8. The lowest BCUT2D eigenvalue weighted by Crippen LogP contribution is -3.14. The minimum Gasteiger partial charge on any atom is -0.450 e. The van der Waals surface area contributed by atoms with Gasteiger partial charge in [0.25, 0.3) is 11.8 Å². The Kier molecular flexibility index (Phi) is 8.94. The monoisotopic (exact) mass is 370 g/mol. The lowest BCUT2D eigenvalue weighted by atomic mass is 10.1. The van der Waals surface area contributed by atoms with E-state index in [-0.39, 0.29) is 31.6 Å². The van der Waals surface area contributed by atoms with E-state index in [1.807, 2.05) is 26.0 Å². The van der Waals surface area contributed by atoms with Gasteiger partial charge in [-0.3, -0.25) is 14.9 Å². The van der Waals surface area contributed by atoms with Crippen LogP contribution in [0.4, 0.5) is 4.79 Å². The summed E-state index contributed by atoms with van der Waals surface area (Å²) in [5, 5.41) is 5.61. The molecule has 1 aromatic carbocycles. The first-order chi connectivity index (χ1) is 11.8. The second-order valence-electron chi connectivity index (χ2n) is 5.57. The van der Waals surface area contributed by atoms with Gasteiger partial charge in [-0.1, -0.05) is 23.7 Å². The summed E-state index contributed by atoms with van der Waals surface area (Å²) in [7, 11) is 0. The first-order valence-corrected chi connectivity index (χ1v) is 8.58. The van der Waals surface area contributed by atoms with Gasteiger partial charge in [-0.2, -0.15) is 0 Å². The van der Waals surface area contributed by atoms with Crippen LogP contribution in [0, 0.1) is 0 Å². The van der Waals surface area contributed by atoms with Crippen molar-refractivity contribution in [2.75, 3.05) is 26.2 Å². The molecule has 8 heteroatoms. The number of likely N-dealkylation sites (N-methyl/N-ethyl adjacent to an activating group) is 1. The zero-order valence-electron chi connectivity index (χ0n) is 14.7. The van der Waals surface area contributed by atoms with Crippen LogP contribution in [-0.4, -0.2) is 44.1 Å². The summed E-state index contributed by atoms with van der Waals surface area (Å²) < 4.78 is 4.65. The van der Waals surface area contributed by atoms with Gasteiger partial charge in [0.15, 0.2) is 13.1 Å². The summed E-state index contributed by atoms with van der Waals surface area (Å²) in [5.74, 6) is -0.667. The minimum atomic E-state index is -0.776. The number of imide groups is 1. The number of hydrogen-bond acceptors (Lipinski definition) is 4. The summed E-state index contributed by atoms with van der Waals surface area (Å²) >= 11 is 5.95. The van der Waals surface area contributed by atoms with Gasteiger partial charge in [0.1, 0.15) is 0 Å². The Morgan fingerprint density at radius 3 is 2.48 bits per heavy atom. The molecule has 0 saturated heterocycles. The van der Waals surface area contributed by atoms with Crippen molar-refractivity contribution in [2.24, 2.45) is 0 Å². The zero-order valence-corrected chi connectivity index (χ0v) is 15.5. The smallest absolute Gasteiger partial charge is 0.414 e. The zero-order chi connectivity index (χ0) is 18.8. The van der Waals surface area contributed by atoms with Gasteiger partial charge in [-0.05, 0) is 38.5 Å². The molecule has 0 radical (unpaired) electrons. The van der Waals surface area contributed by atoms with E-state index < -0.39 is 12.0 Å². The fourth-order valence-electron chi connectivity index (χ4n) is 2.24. The highest BCUT2D eigenvalue weighted by Gasteiger charge is 2.19. The molecule has 138 valence electrons. The highest BCUT2D eigenvalue weighted by molar-refractivity contribution is 6.30. The largest absolute Gasteiger partial charge is 0.450 e. The molecule has 0 spiro atoms. The topological polar surface area (TPSA) is 88.9 Å². The van der Waals surface area contributed by atoms with E-state index in [1.165, 1.54) is 0 Å². The molecule has 3 N–H and O–H groups in total. The van der Waals surface area contributed by atoms with Crippen LogP contribution in [0.2, 0.25) is 5.02 Å². The van der Waals surface area contributed by atoms with Crippen molar-refractivity contribution in [2.45, 2.75) is 26.8 Å². The lowest BCUT2D eigenvalue weighted by Gasteiger charge is -2.19. The molecule has 0 aliphatic rings. The van der Waals surface area contributed by atoms with Gasteiger partial charge < -0.3 is 15.0 Å². The Labute approximate surface area is 152 Å². The van der Waals surface area contributed by atoms with E-state index in [9.17, 15) is 14.4 Å². The molecule has 7 nitrogen and oxygen atoms in total. The van der Waals surface area contributed by atoms with E-state index >= 15 is 0 Å². The minimum absolute atomic E-state index is 0.00821. The van der Waals surface area contributed by atoms with Gasteiger partial charge in [0.05, 0.1) is 19.2 Å². The number of benzene rings is 1. The van der Waals surface area contributed by atoms with Crippen LogP contribution in [0.5, 0.6) is 0 Å². The van der Waals surface area contributed by atoms with Crippen molar-refractivity contribution < 1.29 is 24.0 Å². The number of rotatable bonds is 8. The highest BCUT2D eigenvalue weighted by Crippen LogP contribution is 2.16. The number of carbonyl (C=O) groups excluding carboxylic acids is 3. The van der Waals surface area contributed by atoms with Crippen LogP contribution in [0.15, 0.2) is 24.3 Å². The quantitative estimate of drug-likeness (QED) is 0.628. The van der Waals surface area contributed by atoms with Gasteiger partial charge >= 0.3 is 6.09 Å². The van der Waals surface area contributed by atoms with Crippen LogP contribution in [0.1, 0.15) is 32.4 Å². The van der Waals surface area contributed by atoms with Crippen LogP contribution in [0.25, 0.3) is 0 Å². The maximum atomic E-state index is 12.2. The number of carbonyl (C=O) groups is 3. The molecule has 0 aliphatic carbocycles. The van der Waals surface area contributed by atoms with Crippen molar-refractivity contribution in [1.29, 1.82) is 0 Å². The average molecular weight is 371 g/mol. The molecule has 1 aromatic rings. The fraction of sp³-hybridized carbons (Fsp3) is 0.471. The SMILES string of the molecule is CCOC(=O)NC(=O)C[NH+](CC)CC(=O)N[C@H](C)c1cccc(Cl)c1. The molecule has 1 unspecified atom stereocenters. The Morgan fingerprint density at radius 2 is 1.88 bits per heavy atom. The predicted molar refractivity (Wildman–Crippen MR) is 94.4 cm³/mol. The van der Waals surface area contributed by atoms with Gasteiger partial charge in [-0.25, -0.2) is 4.79 Å². The first-order valence-electron chi connectivity index (χ1n) is 8.20. The van der Waals surface area contributed by atoms with Crippen molar-refractivity contribution >= 4 is 29.5 Å². The average Bonchev–Trinajstić information content (AvgIpc) is 2.54. The van der Waals surface area contributed by atoms with Crippen LogP contribution in [0.3, 0.4) is 0 Å². The van der Waals surface area contributed by atoms with Gasteiger partial charge in [0.2, 0.25) is 0 Å². The third kappa shape index (κ3) is 8.00. The molecule has 25 heavy (non-hydrogen) atoms. The Hall–Kier alpha value is -2.12. The number of halogens is 1. The maximum absolute atomic E-state index is 12.2. The summed E-state index contributed by atoms with van der Waals surface area (Å²) in [6.07, 6.45) is -0.776. The van der Waals surface area contributed by atoms with E-state index in [1.54, 1.807) is 19.1 Å². The standard InChI is InChI=1S/C17H24ClN3O4/c1-4-21(11-16(23)20-17(24)25-5-2)10-15(22)19-12(3)13-7-6-8-14(18)9-13/h6-9,12H,4-5,10-11H2,1-3H3,(H,19,22)(H,20,23,24)/p+1/t12-/m1/s1. The molecular weight excluding hydrogens is 346 g/mol. The molecule has 1 rings (SSSR count). The third-order valence-electron chi connectivity index (χ3n) is 3.56. The van der Waals surface area contributed by atoms with E-state index in [0.29, 0.717) is 11.6 Å². The molecule has 0 heterocycles. The van der Waals surface area contributed by atoms with Crippen LogP contribution < -0.4 is 15.5 Å². The van der Waals surface area contributed by atoms with Crippen LogP contribution >= 0.6 is 11.6 Å². The van der Waals surface area contributed by atoms with Crippen molar-refractivity contribution in [1.82, 2.24) is 10.6 Å². The van der Waals surface area contributed by atoms with Crippen molar-refractivity contribution in [3.05, 3.63) is 34.9 Å². The summed E-state index contributed by atoms with van der Waals surface area (Å²) in [6.45, 7) is 6.26. The molecule has 0 saturated carbocycles. The number of hydrogen-bond donors (Lipinski definition) is 3. The molecule has 3 amide bonds. The molecule has 0 aromatic heterocycles. The summed E-state index contributed by atoms with van der Waals surface area (Å²) in [5.41, 5.74) is 0.902. The Morgan fingerprint density at radius 1 is 1.20 bits per heavy atom. The number of alkyl carbamates (subject to hydrolysis) is 1. The van der Waals surface area contributed by atoms with E-state index in [2.05, 4.69) is 15.4 Å². The molecule has 0 bridgehead atoms. The fourth-order valence-corrected chi connectivity index (χ4v) is 2.44. The van der Waals surface area contributed by atoms with E-state index in [0.717, 1.165) is 10.5 Å². The lowest BCUT2D eigenvalue weighted by molar-refractivity contribution is -0.881. The molecule has 0 aliphatic heterocycles. The predicted octanol–water partition coefficient (Wildman–Crippen LogP) is 0.695. The van der Waals surface area contributed by atoms with Crippen molar-refractivity contribution in [3.63, 3.8) is 0 Å². The summed E-state index contributed by atoms with van der Waals surface area (Å²) in [6, 6.07) is 7.07. The number of amides is 3.